The maximum absolute atomic E-state index is 12.8. The van der Waals surface area contributed by atoms with Crippen LogP contribution in [-0.4, -0.2) is 29.4 Å². The zero-order valence-electron chi connectivity index (χ0n) is 13.3. The molecule has 2 fully saturated rings. The second-order valence-corrected chi connectivity index (χ2v) is 6.44. The third kappa shape index (κ3) is 3.82. The van der Waals surface area contributed by atoms with Gasteiger partial charge >= 0.3 is 0 Å². The summed E-state index contributed by atoms with van der Waals surface area (Å²) in [6, 6.07) is 10.9. The first-order chi connectivity index (χ1) is 10.3. The lowest BCUT2D eigenvalue weighted by Crippen LogP contribution is -2.45. The molecule has 122 valence electrons. The maximum atomic E-state index is 12.8. The van der Waals surface area contributed by atoms with Crippen molar-refractivity contribution in [2.24, 2.45) is 5.92 Å². The van der Waals surface area contributed by atoms with Crippen LogP contribution in [0.4, 0.5) is 0 Å². The van der Waals surface area contributed by atoms with Gasteiger partial charge in [0, 0.05) is 19.1 Å². The van der Waals surface area contributed by atoms with E-state index in [1.807, 2.05) is 23.1 Å². The molecule has 1 aromatic rings. The second-order valence-electron chi connectivity index (χ2n) is 6.44. The summed E-state index contributed by atoms with van der Waals surface area (Å²) in [5.74, 6) is 1.01. The molecule has 1 aromatic carbocycles. The number of benzene rings is 1. The zero-order valence-corrected chi connectivity index (χ0v) is 14.1. The summed E-state index contributed by atoms with van der Waals surface area (Å²) in [6.07, 6.45) is 6.24. The average Bonchev–Trinajstić information content (AvgIpc) is 2.97. The fourth-order valence-corrected chi connectivity index (χ4v) is 3.88. The van der Waals surface area contributed by atoms with Crippen LogP contribution in [0, 0.1) is 5.92 Å². The van der Waals surface area contributed by atoms with Crippen molar-refractivity contribution in [2.45, 2.75) is 57.7 Å². The number of carbonyl (C=O) groups is 1. The van der Waals surface area contributed by atoms with E-state index >= 15 is 0 Å². The quantitative estimate of drug-likeness (QED) is 0.921. The summed E-state index contributed by atoms with van der Waals surface area (Å²) in [7, 11) is 0. The standard InChI is InChI=1S/C18H26N2O.ClH/c1-2-20(13-14-8-4-3-5-9-14)18(21)17-12-15-10-6-7-11-16(15)19-17;/h3-5,8-9,15-17,19H,2,6-7,10-13H2,1H3;1H. The molecule has 4 heteroatoms. The highest BCUT2D eigenvalue weighted by atomic mass is 35.5. The van der Waals surface area contributed by atoms with Gasteiger partial charge in [-0.05, 0) is 37.7 Å². The van der Waals surface area contributed by atoms with Gasteiger partial charge in [-0.3, -0.25) is 4.79 Å². The number of halogens is 1. The third-order valence-corrected chi connectivity index (χ3v) is 5.07. The van der Waals surface area contributed by atoms with Gasteiger partial charge in [0.05, 0.1) is 6.04 Å². The van der Waals surface area contributed by atoms with Gasteiger partial charge in [0.2, 0.25) is 5.91 Å². The molecule has 22 heavy (non-hydrogen) atoms. The largest absolute Gasteiger partial charge is 0.337 e. The van der Waals surface area contributed by atoms with Crippen molar-refractivity contribution < 1.29 is 4.79 Å². The monoisotopic (exact) mass is 322 g/mol. The summed E-state index contributed by atoms with van der Waals surface area (Å²) in [5.41, 5.74) is 1.21. The van der Waals surface area contributed by atoms with Crippen LogP contribution in [0.5, 0.6) is 0 Å². The molecule has 1 N–H and O–H groups in total. The smallest absolute Gasteiger partial charge is 0.240 e. The van der Waals surface area contributed by atoms with Gasteiger partial charge in [0.25, 0.3) is 0 Å². The first-order valence-electron chi connectivity index (χ1n) is 8.36. The van der Waals surface area contributed by atoms with Gasteiger partial charge in [0.15, 0.2) is 0 Å². The Bertz CT molecular complexity index is 465. The lowest BCUT2D eigenvalue weighted by molar-refractivity contribution is -0.133. The number of rotatable bonds is 4. The van der Waals surface area contributed by atoms with Crippen LogP contribution in [0.2, 0.25) is 0 Å². The Morgan fingerprint density at radius 2 is 1.95 bits per heavy atom. The van der Waals surface area contributed by atoms with Gasteiger partial charge in [-0.25, -0.2) is 0 Å². The number of fused-ring (bicyclic) bond motifs is 1. The van der Waals surface area contributed by atoms with E-state index in [-0.39, 0.29) is 24.4 Å². The minimum atomic E-state index is 0. The van der Waals surface area contributed by atoms with Crippen LogP contribution >= 0.6 is 12.4 Å². The van der Waals surface area contributed by atoms with E-state index in [4.69, 9.17) is 0 Å². The van der Waals surface area contributed by atoms with E-state index < -0.39 is 0 Å². The van der Waals surface area contributed by atoms with Crippen molar-refractivity contribution in [2.75, 3.05) is 6.54 Å². The molecular weight excluding hydrogens is 296 g/mol. The highest BCUT2D eigenvalue weighted by Crippen LogP contribution is 2.33. The molecule has 0 radical (unpaired) electrons. The molecule has 3 atom stereocenters. The lowest BCUT2D eigenvalue weighted by Gasteiger charge is -2.25. The number of carbonyl (C=O) groups excluding carboxylic acids is 1. The number of nitrogens with zero attached hydrogens (tertiary/aromatic N) is 1. The highest BCUT2D eigenvalue weighted by Gasteiger charge is 2.39. The number of nitrogens with one attached hydrogen (secondary N) is 1. The summed E-state index contributed by atoms with van der Waals surface area (Å²) in [4.78, 5) is 14.8. The van der Waals surface area contributed by atoms with Crippen LogP contribution in [-0.2, 0) is 11.3 Å². The van der Waals surface area contributed by atoms with Gasteiger partial charge < -0.3 is 10.2 Å². The van der Waals surface area contributed by atoms with Gasteiger partial charge in [-0.1, -0.05) is 43.2 Å². The number of hydrogen-bond donors (Lipinski definition) is 1. The molecule has 1 aliphatic heterocycles. The Hall–Kier alpha value is -1.06. The van der Waals surface area contributed by atoms with Crippen LogP contribution in [0.25, 0.3) is 0 Å². The van der Waals surface area contributed by atoms with Crippen molar-refractivity contribution in [3.8, 4) is 0 Å². The maximum Gasteiger partial charge on any atom is 0.240 e. The lowest BCUT2D eigenvalue weighted by atomic mass is 9.85. The molecule has 0 aromatic heterocycles. The van der Waals surface area contributed by atoms with Crippen LogP contribution in [0.1, 0.15) is 44.6 Å². The fourth-order valence-electron chi connectivity index (χ4n) is 3.88. The zero-order chi connectivity index (χ0) is 14.7. The van der Waals surface area contributed by atoms with Crippen LogP contribution in [0.15, 0.2) is 30.3 Å². The molecule has 0 spiro atoms. The molecule has 0 bridgehead atoms. The van der Waals surface area contributed by atoms with Crippen LogP contribution in [0.3, 0.4) is 0 Å². The van der Waals surface area contributed by atoms with E-state index in [9.17, 15) is 4.79 Å². The number of hydrogen-bond acceptors (Lipinski definition) is 2. The first-order valence-corrected chi connectivity index (χ1v) is 8.36. The summed E-state index contributed by atoms with van der Waals surface area (Å²) in [6.45, 7) is 3.58. The van der Waals surface area contributed by atoms with E-state index in [0.29, 0.717) is 6.04 Å². The third-order valence-electron chi connectivity index (χ3n) is 5.07. The van der Waals surface area contributed by atoms with Crippen molar-refractivity contribution in [3.63, 3.8) is 0 Å². The van der Waals surface area contributed by atoms with E-state index in [0.717, 1.165) is 25.4 Å². The Morgan fingerprint density at radius 1 is 1.23 bits per heavy atom. The Balaban J connectivity index is 0.00000176. The molecule has 1 saturated heterocycles. The molecule has 3 unspecified atom stereocenters. The second kappa shape index (κ2) is 7.98. The van der Waals surface area contributed by atoms with Crippen molar-refractivity contribution in [1.29, 1.82) is 0 Å². The minimum Gasteiger partial charge on any atom is -0.337 e. The van der Waals surface area contributed by atoms with Gasteiger partial charge in [0.1, 0.15) is 0 Å². The molecule has 1 aliphatic carbocycles. The Kier molecular flexibility index (Phi) is 6.27. The first kappa shape index (κ1) is 17.3. The molecule has 1 heterocycles. The van der Waals surface area contributed by atoms with Gasteiger partial charge in [-0.15, -0.1) is 12.4 Å². The summed E-state index contributed by atoms with van der Waals surface area (Å²) < 4.78 is 0. The topological polar surface area (TPSA) is 32.3 Å². The van der Waals surface area contributed by atoms with E-state index in [1.54, 1.807) is 0 Å². The minimum absolute atomic E-state index is 0. The molecule has 3 rings (SSSR count). The molecule has 2 aliphatic rings. The van der Waals surface area contributed by atoms with Crippen molar-refractivity contribution >= 4 is 18.3 Å². The number of amides is 1. The molecule has 1 amide bonds. The molecular formula is C18H27ClN2O. The number of likely N-dealkylation sites (N-methyl/N-ethyl adjacent to an activating group) is 1. The normalized spacial score (nSPS) is 26.9. The molecule has 1 saturated carbocycles. The SMILES string of the molecule is CCN(Cc1ccccc1)C(=O)C1CC2CCCCC2N1.Cl. The van der Waals surface area contributed by atoms with E-state index in [1.165, 1.54) is 31.2 Å². The predicted molar refractivity (Wildman–Crippen MR) is 92.1 cm³/mol. The van der Waals surface area contributed by atoms with Crippen molar-refractivity contribution in [3.05, 3.63) is 35.9 Å². The fraction of sp³-hybridized carbons (Fsp3) is 0.611. The Morgan fingerprint density at radius 3 is 2.64 bits per heavy atom. The Labute approximate surface area is 139 Å². The predicted octanol–water partition coefficient (Wildman–Crippen LogP) is 3.38. The van der Waals surface area contributed by atoms with Crippen molar-refractivity contribution in [1.82, 2.24) is 10.2 Å². The van der Waals surface area contributed by atoms with Gasteiger partial charge in [-0.2, -0.15) is 0 Å². The van der Waals surface area contributed by atoms with E-state index in [2.05, 4.69) is 24.4 Å². The molecule has 3 nitrogen and oxygen atoms in total. The summed E-state index contributed by atoms with van der Waals surface area (Å²) in [5, 5.41) is 3.60. The summed E-state index contributed by atoms with van der Waals surface area (Å²) >= 11 is 0. The highest BCUT2D eigenvalue weighted by molar-refractivity contribution is 5.85. The average molecular weight is 323 g/mol. The van der Waals surface area contributed by atoms with Crippen LogP contribution < -0.4 is 5.32 Å².